The molecule has 1 aliphatic heterocycles. The molecule has 5 aromatic rings. The number of anilines is 2. The number of benzene rings is 1. The number of hydrogen-bond acceptors (Lipinski definition) is 9. The molecule has 13 heteroatoms. The quantitative estimate of drug-likeness (QED) is 0.245. The maximum atomic E-state index is 13.4. The van der Waals surface area contributed by atoms with Gasteiger partial charge in [0.05, 0.1) is 12.2 Å². The first kappa shape index (κ1) is 29.6. The van der Waals surface area contributed by atoms with Gasteiger partial charge in [-0.05, 0) is 51.1 Å². The van der Waals surface area contributed by atoms with Crippen LogP contribution in [0.3, 0.4) is 0 Å². The van der Waals surface area contributed by atoms with Gasteiger partial charge in [0.15, 0.2) is 11.5 Å². The van der Waals surface area contributed by atoms with Crippen molar-refractivity contribution in [2.45, 2.75) is 51.9 Å². The van der Waals surface area contributed by atoms with E-state index in [1.54, 1.807) is 38.7 Å². The Morgan fingerprint density at radius 2 is 1.91 bits per heavy atom. The van der Waals surface area contributed by atoms with E-state index in [0.29, 0.717) is 54.6 Å². The summed E-state index contributed by atoms with van der Waals surface area (Å²) in [4.78, 5) is 41.5. The van der Waals surface area contributed by atoms with Crippen molar-refractivity contribution in [1.82, 2.24) is 39.0 Å². The van der Waals surface area contributed by atoms with Crippen molar-refractivity contribution in [3.8, 4) is 17.4 Å². The average molecular weight is 610 g/mol. The number of aromatic nitrogens is 7. The summed E-state index contributed by atoms with van der Waals surface area (Å²) in [6, 6.07) is 14.9. The number of fused-ring (bicyclic) bond motifs is 1. The van der Waals surface area contributed by atoms with Crippen LogP contribution < -0.4 is 15.6 Å². The van der Waals surface area contributed by atoms with Crippen LogP contribution in [-0.2, 0) is 11.3 Å². The van der Waals surface area contributed by atoms with Crippen LogP contribution in [0.25, 0.3) is 22.5 Å². The van der Waals surface area contributed by atoms with E-state index in [0.717, 1.165) is 11.4 Å². The first-order chi connectivity index (χ1) is 21.7. The summed E-state index contributed by atoms with van der Waals surface area (Å²) in [6.45, 7) is 10.7. The first-order valence-corrected chi connectivity index (χ1v) is 14.8. The molecule has 6 rings (SSSR count). The number of rotatable bonds is 8. The van der Waals surface area contributed by atoms with E-state index in [1.165, 1.54) is 10.9 Å². The number of nitrogens with one attached hydrogen (secondary N) is 1. The highest BCUT2D eigenvalue weighted by atomic mass is 16.6. The number of ether oxygens (including phenoxy) is 2. The smallest absolute Gasteiger partial charge is 0.410 e. The zero-order valence-corrected chi connectivity index (χ0v) is 25.5. The fourth-order valence-electron chi connectivity index (χ4n) is 5.13. The van der Waals surface area contributed by atoms with Crippen LogP contribution in [-0.4, -0.2) is 69.9 Å². The summed E-state index contributed by atoms with van der Waals surface area (Å²) in [5.41, 5.74) is 1.21. The second-order valence-corrected chi connectivity index (χ2v) is 11.7. The van der Waals surface area contributed by atoms with E-state index >= 15 is 0 Å². The minimum absolute atomic E-state index is 0.126. The highest BCUT2D eigenvalue weighted by molar-refractivity contribution is 5.77. The minimum atomic E-state index is -0.544. The van der Waals surface area contributed by atoms with Crippen molar-refractivity contribution in [3.05, 3.63) is 90.1 Å². The average Bonchev–Trinajstić information content (AvgIpc) is 3.64. The van der Waals surface area contributed by atoms with Gasteiger partial charge < -0.3 is 19.7 Å². The molecule has 45 heavy (non-hydrogen) atoms. The van der Waals surface area contributed by atoms with Gasteiger partial charge in [-0.1, -0.05) is 18.2 Å². The SMILES string of the molecule is C=CCn1c(=O)c2cnc(Nc3cccc(-n4cccn4)c3)nc2n1-c1cccc(OC2CCN(C(=O)OC(C)(C)C)CC2)n1. The van der Waals surface area contributed by atoms with Gasteiger partial charge in [-0.15, -0.1) is 6.58 Å². The molecule has 232 valence electrons. The maximum Gasteiger partial charge on any atom is 0.410 e. The largest absolute Gasteiger partial charge is 0.474 e. The molecule has 0 radical (unpaired) electrons. The van der Waals surface area contributed by atoms with Crippen LogP contribution in [0.1, 0.15) is 33.6 Å². The molecule has 0 spiro atoms. The van der Waals surface area contributed by atoms with Crippen molar-refractivity contribution in [1.29, 1.82) is 0 Å². The zero-order chi connectivity index (χ0) is 31.6. The van der Waals surface area contributed by atoms with Gasteiger partial charge in [-0.3, -0.25) is 4.79 Å². The van der Waals surface area contributed by atoms with Crippen molar-refractivity contribution in [2.75, 3.05) is 18.4 Å². The number of carbonyl (C=O) groups excluding carboxylic acids is 1. The monoisotopic (exact) mass is 609 g/mol. The van der Waals surface area contributed by atoms with Crippen LogP contribution in [0, 0.1) is 0 Å². The predicted octanol–water partition coefficient (Wildman–Crippen LogP) is 4.87. The molecule has 1 fully saturated rings. The molecule has 0 atom stereocenters. The number of amides is 1. The highest BCUT2D eigenvalue weighted by Crippen LogP contribution is 2.23. The maximum absolute atomic E-state index is 13.4. The lowest BCUT2D eigenvalue weighted by molar-refractivity contribution is 0.0123. The number of nitrogens with zero attached hydrogens (tertiary/aromatic N) is 8. The predicted molar refractivity (Wildman–Crippen MR) is 169 cm³/mol. The second kappa shape index (κ2) is 12.3. The van der Waals surface area contributed by atoms with E-state index in [-0.39, 0.29) is 24.3 Å². The third kappa shape index (κ3) is 6.56. The molecule has 5 heterocycles. The Kier molecular flexibility index (Phi) is 8.07. The molecule has 1 amide bonds. The van der Waals surface area contributed by atoms with E-state index in [4.69, 9.17) is 19.4 Å². The zero-order valence-electron chi connectivity index (χ0n) is 25.5. The molecule has 0 saturated carbocycles. The van der Waals surface area contributed by atoms with E-state index in [1.807, 2.05) is 63.4 Å². The lowest BCUT2D eigenvalue weighted by Gasteiger charge is -2.33. The van der Waals surface area contributed by atoms with Crippen LogP contribution in [0.15, 0.2) is 84.6 Å². The Bertz CT molecular complexity index is 1880. The molecule has 1 aromatic carbocycles. The number of hydrogen-bond donors (Lipinski definition) is 1. The molecule has 0 unspecified atom stereocenters. The fourth-order valence-corrected chi connectivity index (χ4v) is 5.13. The number of allylic oxidation sites excluding steroid dienone is 1. The third-order valence-electron chi connectivity index (χ3n) is 7.16. The molecule has 4 aromatic heterocycles. The molecule has 0 bridgehead atoms. The topological polar surface area (TPSA) is 134 Å². The summed E-state index contributed by atoms with van der Waals surface area (Å²) in [6.07, 6.45) is 7.57. The van der Waals surface area contributed by atoms with Crippen molar-refractivity contribution < 1.29 is 14.3 Å². The van der Waals surface area contributed by atoms with Gasteiger partial charge in [0.1, 0.15) is 17.1 Å². The number of likely N-dealkylation sites (tertiary alicyclic amines) is 1. The second-order valence-electron chi connectivity index (χ2n) is 11.7. The molecule has 1 saturated heterocycles. The number of piperidine rings is 1. The van der Waals surface area contributed by atoms with E-state index in [9.17, 15) is 9.59 Å². The normalized spacial score (nSPS) is 14.0. The molecule has 0 aliphatic carbocycles. The molecular weight excluding hydrogens is 574 g/mol. The Morgan fingerprint density at radius 3 is 2.64 bits per heavy atom. The van der Waals surface area contributed by atoms with Crippen LogP contribution in [0.4, 0.5) is 16.4 Å². The summed E-state index contributed by atoms with van der Waals surface area (Å²) in [7, 11) is 0. The van der Waals surface area contributed by atoms with Crippen molar-refractivity contribution >= 4 is 28.8 Å². The lowest BCUT2D eigenvalue weighted by Crippen LogP contribution is -2.44. The lowest BCUT2D eigenvalue weighted by atomic mass is 10.1. The molecule has 1 aliphatic rings. The minimum Gasteiger partial charge on any atom is -0.474 e. The van der Waals surface area contributed by atoms with Gasteiger partial charge in [-0.2, -0.15) is 15.1 Å². The molecule has 13 nitrogen and oxygen atoms in total. The Balaban J connectivity index is 1.25. The van der Waals surface area contributed by atoms with E-state index in [2.05, 4.69) is 22.0 Å². The van der Waals surface area contributed by atoms with Crippen LogP contribution in [0.5, 0.6) is 5.88 Å². The standard InChI is InChI=1S/C32H35N9O4/c1-5-16-40-29(42)25-21-33-30(35-22-9-6-10-23(20-22)39-17-8-15-34-39)37-28(25)41(40)26-11-7-12-27(36-26)44-24-13-18-38(19-14-24)31(43)45-32(2,3)4/h5-12,15,17,20-21,24H,1,13-14,16,18-19H2,2-4H3,(H,33,35,37). The molecule has 1 N–H and O–H groups in total. The van der Waals surface area contributed by atoms with E-state index < -0.39 is 5.60 Å². The summed E-state index contributed by atoms with van der Waals surface area (Å²) >= 11 is 0. The van der Waals surface area contributed by atoms with Crippen LogP contribution in [0.2, 0.25) is 0 Å². The number of pyridine rings is 1. The van der Waals surface area contributed by atoms with Gasteiger partial charge in [0.25, 0.3) is 5.56 Å². The highest BCUT2D eigenvalue weighted by Gasteiger charge is 2.28. The fraction of sp³-hybridized carbons (Fsp3) is 0.312. The summed E-state index contributed by atoms with van der Waals surface area (Å²) in [5.74, 6) is 1.18. The Labute approximate surface area is 259 Å². The first-order valence-electron chi connectivity index (χ1n) is 14.8. The van der Waals surface area contributed by atoms with Gasteiger partial charge >= 0.3 is 6.09 Å². The van der Waals surface area contributed by atoms with Gasteiger partial charge in [0.2, 0.25) is 11.8 Å². The third-order valence-corrected chi connectivity index (χ3v) is 7.16. The van der Waals surface area contributed by atoms with Crippen molar-refractivity contribution in [2.24, 2.45) is 0 Å². The summed E-state index contributed by atoms with van der Waals surface area (Å²) < 4.78 is 16.7. The molecular formula is C32H35N9O4. The Hall–Kier alpha value is -5.46. The van der Waals surface area contributed by atoms with Crippen LogP contribution >= 0.6 is 0 Å². The van der Waals surface area contributed by atoms with Gasteiger partial charge in [-0.25, -0.2) is 23.8 Å². The van der Waals surface area contributed by atoms with Gasteiger partial charge in [0, 0.05) is 56.3 Å². The number of carbonyl (C=O) groups is 1. The summed E-state index contributed by atoms with van der Waals surface area (Å²) in [5, 5.41) is 7.87. The van der Waals surface area contributed by atoms with Crippen molar-refractivity contribution in [3.63, 3.8) is 0 Å². The Morgan fingerprint density at radius 1 is 1.11 bits per heavy atom.